The van der Waals surface area contributed by atoms with Crippen LogP contribution in [0.1, 0.15) is 43.5 Å². The fraction of sp³-hybridized carbons (Fsp3) is 0.615. The van der Waals surface area contributed by atoms with Gasteiger partial charge in [0.15, 0.2) is 0 Å². The van der Waals surface area contributed by atoms with Gasteiger partial charge >= 0.3 is 0 Å². The smallest absolute Gasteiger partial charge is 0.270 e. The summed E-state index contributed by atoms with van der Waals surface area (Å²) in [6.07, 6.45) is 3.22. The van der Waals surface area contributed by atoms with Crippen LogP contribution in [-0.2, 0) is 18.6 Å². The first kappa shape index (κ1) is 16.7. The van der Waals surface area contributed by atoms with Crippen LogP contribution < -0.4 is 5.32 Å². The summed E-state index contributed by atoms with van der Waals surface area (Å²) in [6, 6.07) is 2.86. The Morgan fingerprint density at radius 2 is 2.19 bits per heavy atom. The molecule has 1 aliphatic carbocycles. The fourth-order valence-electron chi connectivity index (χ4n) is 2.38. The number of ether oxygens (including phenoxy) is 1. The summed E-state index contributed by atoms with van der Waals surface area (Å²) in [7, 11) is 3.21. The number of carbonyl (C=O) groups excluding carboxylic acids is 1. The third-order valence-electron chi connectivity index (χ3n) is 3.83. The van der Waals surface area contributed by atoms with Crippen molar-refractivity contribution in [3.8, 4) is 0 Å². The second kappa shape index (κ2) is 6.24. The lowest BCUT2D eigenvalue weighted by molar-refractivity contribution is -0.134. The summed E-state index contributed by atoms with van der Waals surface area (Å²) >= 11 is 1.07. The molecule has 1 fully saturated rings. The Bertz CT molecular complexity index is 616. The van der Waals surface area contributed by atoms with Crippen molar-refractivity contribution in [1.82, 2.24) is 5.32 Å². The molecule has 2 rings (SSSR count). The van der Waals surface area contributed by atoms with E-state index < -0.39 is 9.05 Å². The van der Waals surface area contributed by atoms with Crippen LogP contribution in [0.2, 0.25) is 0 Å². The second-order valence-corrected chi connectivity index (χ2v) is 9.21. The van der Waals surface area contributed by atoms with Gasteiger partial charge in [0.2, 0.25) is 5.91 Å². The quantitative estimate of drug-likeness (QED) is 0.800. The van der Waals surface area contributed by atoms with Crippen LogP contribution in [0.3, 0.4) is 0 Å². The number of rotatable bonds is 6. The lowest BCUT2D eigenvalue weighted by Gasteiger charge is -2.40. The largest absolute Gasteiger partial charge is 0.378 e. The van der Waals surface area contributed by atoms with Crippen molar-refractivity contribution in [2.75, 3.05) is 7.11 Å². The van der Waals surface area contributed by atoms with Crippen molar-refractivity contribution in [2.24, 2.45) is 0 Å². The molecule has 1 aromatic rings. The van der Waals surface area contributed by atoms with Crippen molar-refractivity contribution in [3.05, 3.63) is 17.0 Å². The molecule has 0 aliphatic heterocycles. The standard InChI is InChI=1S/C13H18ClNO4S2/c1-9(10-4-5-12(20-10)21(14,17)18)15-11(16)8-13(19-2)6-3-7-13/h4-5,9H,3,6-8H2,1-2H3,(H,15,16). The third-order valence-corrected chi connectivity index (χ3v) is 7.19. The molecule has 21 heavy (non-hydrogen) atoms. The zero-order valence-corrected chi connectivity index (χ0v) is 14.3. The molecule has 0 bridgehead atoms. The average Bonchev–Trinajstić information content (AvgIpc) is 2.83. The van der Waals surface area contributed by atoms with Gasteiger partial charge in [0.05, 0.1) is 18.1 Å². The Morgan fingerprint density at radius 3 is 2.62 bits per heavy atom. The van der Waals surface area contributed by atoms with Gasteiger partial charge in [-0.25, -0.2) is 8.42 Å². The number of halogens is 1. The van der Waals surface area contributed by atoms with Crippen molar-refractivity contribution < 1.29 is 17.9 Å². The molecule has 1 amide bonds. The Balaban J connectivity index is 1.96. The summed E-state index contributed by atoms with van der Waals surface area (Å²) in [4.78, 5) is 12.8. The van der Waals surface area contributed by atoms with Crippen molar-refractivity contribution in [2.45, 2.75) is 48.5 Å². The molecule has 5 nitrogen and oxygen atoms in total. The van der Waals surface area contributed by atoms with Crippen LogP contribution in [0.5, 0.6) is 0 Å². The van der Waals surface area contributed by atoms with Gasteiger partial charge in [-0.15, -0.1) is 11.3 Å². The number of hydrogen-bond donors (Lipinski definition) is 1. The molecular weight excluding hydrogens is 334 g/mol. The van der Waals surface area contributed by atoms with E-state index >= 15 is 0 Å². The molecule has 0 saturated heterocycles. The Labute approximate surface area is 133 Å². The number of nitrogens with one attached hydrogen (secondary N) is 1. The van der Waals surface area contributed by atoms with E-state index in [9.17, 15) is 13.2 Å². The molecule has 1 saturated carbocycles. The van der Waals surface area contributed by atoms with Crippen LogP contribution in [-0.4, -0.2) is 27.0 Å². The maximum absolute atomic E-state index is 12.1. The van der Waals surface area contributed by atoms with E-state index in [4.69, 9.17) is 15.4 Å². The first-order valence-corrected chi connectivity index (χ1v) is 9.77. The zero-order chi connectivity index (χ0) is 15.7. The maximum atomic E-state index is 12.1. The first-order chi connectivity index (χ1) is 9.76. The van der Waals surface area contributed by atoms with Crippen molar-refractivity contribution >= 4 is 37.0 Å². The Morgan fingerprint density at radius 1 is 1.52 bits per heavy atom. The SMILES string of the molecule is COC1(CC(=O)NC(C)c2ccc(S(=O)(=O)Cl)s2)CCC1. The average molecular weight is 352 g/mol. The lowest BCUT2D eigenvalue weighted by Crippen LogP contribution is -2.44. The Hall–Kier alpha value is -0.630. The topological polar surface area (TPSA) is 72.5 Å². The molecule has 1 aliphatic rings. The van der Waals surface area contributed by atoms with Crippen molar-refractivity contribution in [3.63, 3.8) is 0 Å². The van der Waals surface area contributed by atoms with Crippen LogP contribution in [0.15, 0.2) is 16.3 Å². The summed E-state index contributed by atoms with van der Waals surface area (Å²) in [5.41, 5.74) is -0.316. The Kier molecular flexibility index (Phi) is 4.97. The molecule has 1 atom stereocenters. The summed E-state index contributed by atoms with van der Waals surface area (Å²) < 4.78 is 28.0. The van der Waals surface area contributed by atoms with Gasteiger partial charge in [0.25, 0.3) is 9.05 Å². The summed E-state index contributed by atoms with van der Waals surface area (Å²) in [6.45, 7) is 1.81. The number of hydrogen-bond acceptors (Lipinski definition) is 5. The van der Waals surface area contributed by atoms with E-state index in [2.05, 4.69) is 5.32 Å². The number of methoxy groups -OCH3 is 1. The molecule has 1 N–H and O–H groups in total. The van der Waals surface area contributed by atoms with E-state index in [0.29, 0.717) is 6.42 Å². The monoisotopic (exact) mass is 351 g/mol. The van der Waals surface area contributed by atoms with Crippen LogP contribution in [0, 0.1) is 0 Å². The highest BCUT2D eigenvalue weighted by molar-refractivity contribution is 8.15. The van der Waals surface area contributed by atoms with Gasteiger partial charge in [-0.3, -0.25) is 4.79 Å². The van der Waals surface area contributed by atoms with Gasteiger partial charge in [-0.2, -0.15) is 0 Å². The van der Waals surface area contributed by atoms with E-state index in [1.165, 1.54) is 6.07 Å². The van der Waals surface area contributed by atoms with Gasteiger partial charge in [0.1, 0.15) is 4.21 Å². The van der Waals surface area contributed by atoms with Gasteiger partial charge in [-0.05, 0) is 38.3 Å². The molecular formula is C13H18ClNO4S2. The summed E-state index contributed by atoms with van der Waals surface area (Å²) in [5, 5.41) is 2.87. The van der Waals surface area contributed by atoms with Gasteiger partial charge < -0.3 is 10.1 Å². The molecule has 1 heterocycles. The highest BCUT2D eigenvalue weighted by Crippen LogP contribution is 2.38. The maximum Gasteiger partial charge on any atom is 0.270 e. The predicted molar refractivity (Wildman–Crippen MR) is 82.1 cm³/mol. The van der Waals surface area contributed by atoms with Crippen LogP contribution in [0.25, 0.3) is 0 Å². The first-order valence-electron chi connectivity index (χ1n) is 6.65. The molecule has 0 aromatic carbocycles. The number of amides is 1. The van der Waals surface area contributed by atoms with E-state index in [1.54, 1.807) is 13.2 Å². The predicted octanol–water partition coefficient (Wildman–Crippen LogP) is 2.81. The molecule has 0 spiro atoms. The van der Waals surface area contributed by atoms with Gasteiger partial charge in [-0.1, -0.05) is 0 Å². The van der Waals surface area contributed by atoms with E-state index in [-0.39, 0.29) is 21.8 Å². The van der Waals surface area contributed by atoms with Gasteiger partial charge in [0, 0.05) is 22.7 Å². The zero-order valence-electron chi connectivity index (χ0n) is 11.9. The van der Waals surface area contributed by atoms with E-state index in [0.717, 1.165) is 35.5 Å². The minimum atomic E-state index is -3.71. The van der Waals surface area contributed by atoms with E-state index in [1.807, 2.05) is 6.92 Å². The third kappa shape index (κ3) is 3.97. The molecule has 1 aromatic heterocycles. The van der Waals surface area contributed by atoms with Crippen LogP contribution in [0.4, 0.5) is 0 Å². The molecule has 118 valence electrons. The molecule has 0 radical (unpaired) electrons. The minimum absolute atomic E-state index is 0.0901. The molecule has 1 unspecified atom stereocenters. The molecule has 8 heteroatoms. The second-order valence-electron chi connectivity index (χ2n) is 5.30. The summed E-state index contributed by atoms with van der Waals surface area (Å²) in [5.74, 6) is -0.0901. The number of thiophene rings is 1. The highest BCUT2D eigenvalue weighted by atomic mass is 35.7. The fourth-order valence-corrected chi connectivity index (χ4v) is 4.47. The highest BCUT2D eigenvalue weighted by Gasteiger charge is 2.39. The minimum Gasteiger partial charge on any atom is -0.378 e. The van der Waals surface area contributed by atoms with Crippen LogP contribution >= 0.6 is 22.0 Å². The van der Waals surface area contributed by atoms with Crippen molar-refractivity contribution in [1.29, 1.82) is 0 Å². The normalized spacial score (nSPS) is 18.8. The lowest BCUT2D eigenvalue weighted by atomic mass is 9.77. The number of carbonyl (C=O) groups is 1.